The van der Waals surface area contributed by atoms with Crippen LogP contribution in [0.2, 0.25) is 0 Å². The Morgan fingerprint density at radius 3 is 2.39 bits per heavy atom. The van der Waals surface area contributed by atoms with Gasteiger partial charge in [0.15, 0.2) is 0 Å². The number of nitrogens with zero attached hydrogens (tertiary/aromatic N) is 1. The van der Waals surface area contributed by atoms with Crippen LogP contribution in [0.4, 0.5) is 13.2 Å². The molecule has 1 aromatic carbocycles. The van der Waals surface area contributed by atoms with Gasteiger partial charge in [-0.1, -0.05) is 12.1 Å². The van der Waals surface area contributed by atoms with E-state index in [0.29, 0.717) is 6.42 Å². The molecule has 0 N–H and O–H groups in total. The minimum Gasteiger partial charge on any atom is -0.493 e. The van der Waals surface area contributed by atoms with Gasteiger partial charge in [0.2, 0.25) is 0 Å². The summed E-state index contributed by atoms with van der Waals surface area (Å²) < 4.78 is 43.1. The molecule has 0 aromatic heterocycles. The fourth-order valence-electron chi connectivity index (χ4n) is 1.30. The topological polar surface area (TPSA) is 33.0 Å². The standard InChI is InChI=1S/C13H14F3NO/c1-12(2,9-17)7-8-18-11-6-4-3-5-10(11)13(14,15)16/h3-6H,7-8H2,1-2H3. The van der Waals surface area contributed by atoms with E-state index in [0.717, 1.165) is 6.07 Å². The summed E-state index contributed by atoms with van der Waals surface area (Å²) in [4.78, 5) is 0. The summed E-state index contributed by atoms with van der Waals surface area (Å²) in [5.41, 5.74) is -1.40. The smallest absolute Gasteiger partial charge is 0.419 e. The first-order valence-corrected chi connectivity index (χ1v) is 5.46. The first-order valence-electron chi connectivity index (χ1n) is 5.46. The summed E-state index contributed by atoms with van der Waals surface area (Å²) in [6, 6.07) is 7.13. The van der Waals surface area contributed by atoms with E-state index in [-0.39, 0.29) is 12.4 Å². The van der Waals surface area contributed by atoms with Crippen molar-refractivity contribution < 1.29 is 17.9 Å². The number of nitriles is 1. The quantitative estimate of drug-likeness (QED) is 0.816. The highest BCUT2D eigenvalue weighted by atomic mass is 19.4. The van der Waals surface area contributed by atoms with E-state index in [1.165, 1.54) is 18.2 Å². The molecule has 0 unspecified atom stereocenters. The van der Waals surface area contributed by atoms with Gasteiger partial charge >= 0.3 is 6.18 Å². The molecule has 98 valence electrons. The van der Waals surface area contributed by atoms with Crippen molar-refractivity contribution in [3.05, 3.63) is 29.8 Å². The molecule has 0 radical (unpaired) electrons. The Bertz CT molecular complexity index is 446. The summed E-state index contributed by atoms with van der Waals surface area (Å²) in [6.45, 7) is 3.51. The van der Waals surface area contributed by atoms with Crippen LogP contribution in [0.15, 0.2) is 24.3 Å². The predicted octanol–water partition coefficient (Wildman–Crippen LogP) is 4.02. The zero-order valence-corrected chi connectivity index (χ0v) is 10.2. The van der Waals surface area contributed by atoms with E-state index in [9.17, 15) is 13.2 Å². The first-order chi connectivity index (χ1) is 8.26. The number of para-hydroxylation sites is 1. The molecule has 2 nitrogen and oxygen atoms in total. The number of halogens is 3. The van der Waals surface area contributed by atoms with Gasteiger partial charge < -0.3 is 4.74 Å². The molecule has 0 bridgehead atoms. The second-order valence-electron chi connectivity index (χ2n) is 4.59. The van der Waals surface area contributed by atoms with Crippen LogP contribution in [0.5, 0.6) is 5.75 Å². The van der Waals surface area contributed by atoms with Crippen molar-refractivity contribution in [1.29, 1.82) is 5.26 Å². The molecule has 5 heteroatoms. The molecule has 0 amide bonds. The second kappa shape index (κ2) is 5.30. The van der Waals surface area contributed by atoms with Gasteiger partial charge in [-0.15, -0.1) is 0 Å². The van der Waals surface area contributed by atoms with Gasteiger partial charge in [-0.25, -0.2) is 0 Å². The van der Waals surface area contributed by atoms with Gasteiger partial charge in [0.05, 0.1) is 23.7 Å². The molecular weight excluding hydrogens is 243 g/mol. The molecule has 1 rings (SSSR count). The van der Waals surface area contributed by atoms with E-state index >= 15 is 0 Å². The molecule has 0 heterocycles. The normalized spacial score (nSPS) is 12.0. The van der Waals surface area contributed by atoms with Crippen LogP contribution in [0.3, 0.4) is 0 Å². The van der Waals surface area contributed by atoms with Crippen molar-refractivity contribution in [3.63, 3.8) is 0 Å². The van der Waals surface area contributed by atoms with Gasteiger partial charge in [0.1, 0.15) is 5.75 Å². The van der Waals surface area contributed by atoms with Crippen LogP contribution < -0.4 is 4.74 Å². The summed E-state index contributed by atoms with van der Waals surface area (Å²) in [5, 5.41) is 8.79. The third kappa shape index (κ3) is 3.95. The molecule has 0 saturated carbocycles. The number of rotatable bonds is 4. The minimum atomic E-state index is -4.43. The Morgan fingerprint density at radius 2 is 1.83 bits per heavy atom. The van der Waals surface area contributed by atoms with Gasteiger partial charge in [0.25, 0.3) is 0 Å². The van der Waals surface area contributed by atoms with Crippen LogP contribution in [0, 0.1) is 16.7 Å². The maximum atomic E-state index is 12.6. The largest absolute Gasteiger partial charge is 0.493 e. The van der Waals surface area contributed by atoms with Gasteiger partial charge in [-0.3, -0.25) is 0 Å². The van der Waals surface area contributed by atoms with E-state index in [4.69, 9.17) is 10.00 Å². The second-order valence-corrected chi connectivity index (χ2v) is 4.59. The zero-order chi connectivity index (χ0) is 13.8. The van der Waals surface area contributed by atoms with Gasteiger partial charge in [0, 0.05) is 0 Å². The molecule has 0 spiro atoms. The lowest BCUT2D eigenvalue weighted by molar-refractivity contribution is -0.139. The van der Waals surface area contributed by atoms with Crippen molar-refractivity contribution in [2.75, 3.05) is 6.61 Å². The van der Waals surface area contributed by atoms with Crippen molar-refractivity contribution >= 4 is 0 Å². The summed E-state index contributed by atoms with van der Waals surface area (Å²) >= 11 is 0. The first kappa shape index (κ1) is 14.4. The lowest BCUT2D eigenvalue weighted by Crippen LogP contribution is -2.15. The lowest BCUT2D eigenvalue weighted by atomic mass is 9.92. The molecule has 0 fully saturated rings. The predicted molar refractivity (Wildman–Crippen MR) is 61.0 cm³/mol. The molecule has 18 heavy (non-hydrogen) atoms. The maximum Gasteiger partial charge on any atom is 0.419 e. The van der Waals surface area contributed by atoms with Gasteiger partial charge in [-0.05, 0) is 32.4 Å². The number of hydrogen-bond acceptors (Lipinski definition) is 2. The highest BCUT2D eigenvalue weighted by Crippen LogP contribution is 2.36. The molecule has 0 aliphatic heterocycles. The number of benzene rings is 1. The SMILES string of the molecule is CC(C)(C#N)CCOc1ccccc1C(F)(F)F. The highest BCUT2D eigenvalue weighted by molar-refractivity contribution is 5.35. The van der Waals surface area contributed by atoms with E-state index in [1.54, 1.807) is 13.8 Å². The van der Waals surface area contributed by atoms with Crippen molar-refractivity contribution in [2.45, 2.75) is 26.4 Å². The fraction of sp³-hybridized carbons (Fsp3) is 0.462. The van der Waals surface area contributed by atoms with Crippen LogP contribution in [-0.2, 0) is 6.18 Å². The van der Waals surface area contributed by atoms with Crippen molar-refractivity contribution in [3.8, 4) is 11.8 Å². The number of hydrogen-bond donors (Lipinski definition) is 0. The van der Waals surface area contributed by atoms with E-state index < -0.39 is 17.2 Å². The number of ether oxygens (including phenoxy) is 1. The monoisotopic (exact) mass is 257 g/mol. The summed E-state index contributed by atoms with van der Waals surface area (Å²) in [7, 11) is 0. The van der Waals surface area contributed by atoms with E-state index in [1.807, 2.05) is 0 Å². The third-order valence-corrected chi connectivity index (χ3v) is 2.48. The third-order valence-electron chi connectivity index (χ3n) is 2.48. The minimum absolute atomic E-state index is 0.0770. The van der Waals surface area contributed by atoms with Crippen LogP contribution >= 0.6 is 0 Å². The molecule has 0 aliphatic rings. The van der Waals surface area contributed by atoms with Crippen LogP contribution in [0.25, 0.3) is 0 Å². The Labute approximate surface area is 104 Å². The Kier molecular flexibility index (Phi) is 4.23. The van der Waals surface area contributed by atoms with Crippen molar-refractivity contribution in [2.24, 2.45) is 5.41 Å². The Hall–Kier alpha value is -1.70. The van der Waals surface area contributed by atoms with Gasteiger partial charge in [-0.2, -0.15) is 18.4 Å². The maximum absolute atomic E-state index is 12.6. The highest BCUT2D eigenvalue weighted by Gasteiger charge is 2.34. The molecule has 1 aromatic rings. The number of alkyl halides is 3. The molecule has 0 saturated heterocycles. The Morgan fingerprint density at radius 1 is 1.22 bits per heavy atom. The van der Waals surface area contributed by atoms with Crippen LogP contribution in [-0.4, -0.2) is 6.61 Å². The average Bonchev–Trinajstić information content (AvgIpc) is 2.28. The zero-order valence-electron chi connectivity index (χ0n) is 10.2. The summed E-state index contributed by atoms with van der Waals surface area (Å²) in [5.74, 6) is -0.196. The Balaban J connectivity index is 2.72. The molecule has 0 atom stereocenters. The fourth-order valence-corrected chi connectivity index (χ4v) is 1.30. The average molecular weight is 257 g/mol. The summed E-state index contributed by atoms with van der Waals surface area (Å²) in [6.07, 6.45) is -4.06. The lowest BCUT2D eigenvalue weighted by Gasteiger charge is -2.17. The van der Waals surface area contributed by atoms with Crippen molar-refractivity contribution in [1.82, 2.24) is 0 Å². The molecular formula is C13H14F3NO. The van der Waals surface area contributed by atoms with Crippen LogP contribution in [0.1, 0.15) is 25.8 Å². The molecule has 0 aliphatic carbocycles. The van der Waals surface area contributed by atoms with E-state index in [2.05, 4.69) is 6.07 Å².